The molecule has 0 radical (unpaired) electrons. The Morgan fingerprint density at radius 1 is 1.33 bits per heavy atom. The van der Waals surface area contributed by atoms with E-state index in [0.29, 0.717) is 12.5 Å². The van der Waals surface area contributed by atoms with Crippen LogP contribution >= 0.6 is 0 Å². The molecule has 0 aliphatic carbocycles. The molecule has 2 rings (SSSR count). The number of aromatic nitrogens is 2. The van der Waals surface area contributed by atoms with Crippen LogP contribution in [-0.2, 0) is 6.54 Å². The molecular weight excluding hydrogens is 308 g/mol. The zero-order valence-electron chi connectivity index (χ0n) is 14.2. The summed E-state index contributed by atoms with van der Waals surface area (Å²) in [5, 5.41) is 24.9. The van der Waals surface area contributed by atoms with Crippen molar-refractivity contribution in [2.75, 3.05) is 13.6 Å². The molecule has 0 aliphatic heterocycles. The van der Waals surface area contributed by atoms with Crippen LogP contribution in [0.4, 0.5) is 5.69 Å². The fraction of sp³-hybridized carbons (Fsp3) is 0.471. The van der Waals surface area contributed by atoms with Gasteiger partial charge in [0.1, 0.15) is 12.4 Å². The Kier molecular flexibility index (Phi) is 6.05. The van der Waals surface area contributed by atoms with Crippen LogP contribution in [-0.4, -0.2) is 44.4 Å². The van der Waals surface area contributed by atoms with Crippen molar-refractivity contribution in [2.24, 2.45) is 5.92 Å². The summed E-state index contributed by atoms with van der Waals surface area (Å²) >= 11 is 0. The molecule has 130 valence electrons. The van der Waals surface area contributed by atoms with E-state index in [1.54, 1.807) is 0 Å². The maximum Gasteiger partial charge on any atom is 0.306 e. The van der Waals surface area contributed by atoms with Crippen molar-refractivity contribution in [1.82, 2.24) is 14.7 Å². The molecule has 1 N–H and O–H groups in total. The normalized spacial score (nSPS) is 14.1. The van der Waals surface area contributed by atoms with Crippen LogP contribution in [0.3, 0.4) is 0 Å². The van der Waals surface area contributed by atoms with E-state index in [0.717, 1.165) is 0 Å². The molecule has 0 saturated heterocycles. The summed E-state index contributed by atoms with van der Waals surface area (Å²) in [6.07, 6.45) is 1.86. The van der Waals surface area contributed by atoms with Crippen molar-refractivity contribution in [3.63, 3.8) is 0 Å². The van der Waals surface area contributed by atoms with Crippen molar-refractivity contribution >= 4 is 5.69 Å². The summed E-state index contributed by atoms with van der Waals surface area (Å²) in [7, 11) is 1.98. The zero-order chi connectivity index (χ0) is 17.7. The molecule has 1 heterocycles. The number of nitro groups is 1. The Morgan fingerprint density at radius 2 is 2.00 bits per heavy atom. The standard InChI is InChI=1S/C17H24N4O3/c1-13(2)17(14-7-5-4-6-8-14)19(3)11-16(22)12-20-10-15(9-18-20)21(23)24/h4-10,13,16-17,22H,11-12H2,1-3H3. The smallest absolute Gasteiger partial charge is 0.306 e. The van der Waals surface area contributed by atoms with E-state index < -0.39 is 11.0 Å². The fourth-order valence-electron chi connectivity index (χ4n) is 3.06. The van der Waals surface area contributed by atoms with E-state index in [1.165, 1.54) is 22.6 Å². The molecule has 7 nitrogen and oxygen atoms in total. The third kappa shape index (κ3) is 4.62. The number of nitrogens with zero attached hydrogens (tertiary/aromatic N) is 4. The first kappa shape index (κ1) is 18.1. The van der Waals surface area contributed by atoms with Crippen LogP contribution in [0.2, 0.25) is 0 Å². The first-order chi connectivity index (χ1) is 11.4. The minimum Gasteiger partial charge on any atom is -0.390 e. The molecule has 0 saturated carbocycles. The van der Waals surface area contributed by atoms with Crippen molar-refractivity contribution in [1.29, 1.82) is 0 Å². The Balaban J connectivity index is 2.00. The molecule has 0 bridgehead atoms. The molecule has 1 aromatic carbocycles. The van der Waals surface area contributed by atoms with Gasteiger partial charge in [-0.05, 0) is 18.5 Å². The van der Waals surface area contributed by atoms with Gasteiger partial charge >= 0.3 is 5.69 Å². The van der Waals surface area contributed by atoms with Gasteiger partial charge in [-0.2, -0.15) is 5.10 Å². The first-order valence-corrected chi connectivity index (χ1v) is 7.98. The molecule has 7 heteroatoms. The molecule has 0 aliphatic rings. The summed E-state index contributed by atoms with van der Waals surface area (Å²) in [6, 6.07) is 10.4. The predicted molar refractivity (Wildman–Crippen MR) is 91.5 cm³/mol. The van der Waals surface area contributed by atoms with E-state index in [4.69, 9.17) is 0 Å². The molecule has 0 spiro atoms. The highest BCUT2D eigenvalue weighted by Gasteiger charge is 2.23. The molecular formula is C17H24N4O3. The van der Waals surface area contributed by atoms with E-state index in [1.807, 2.05) is 25.2 Å². The maximum atomic E-state index is 10.7. The number of likely N-dealkylation sites (N-methyl/N-ethyl adjacent to an activating group) is 1. The molecule has 0 amide bonds. The molecule has 2 atom stereocenters. The third-order valence-electron chi connectivity index (χ3n) is 3.97. The van der Waals surface area contributed by atoms with Crippen molar-refractivity contribution < 1.29 is 10.0 Å². The van der Waals surface area contributed by atoms with Gasteiger partial charge in [-0.1, -0.05) is 44.2 Å². The van der Waals surface area contributed by atoms with Gasteiger partial charge in [0.25, 0.3) is 0 Å². The van der Waals surface area contributed by atoms with Crippen LogP contribution in [0.25, 0.3) is 0 Å². The van der Waals surface area contributed by atoms with E-state index >= 15 is 0 Å². The minimum atomic E-state index is -0.667. The number of benzene rings is 1. The quantitative estimate of drug-likeness (QED) is 0.593. The summed E-state index contributed by atoms with van der Waals surface area (Å²) in [5.41, 5.74) is 1.14. The van der Waals surface area contributed by atoms with Gasteiger partial charge in [0.05, 0.1) is 17.6 Å². The SMILES string of the molecule is CC(C)C(c1ccccc1)N(C)CC(O)Cn1cc([N+](=O)[O-])cn1. The number of hydrogen-bond acceptors (Lipinski definition) is 5. The van der Waals surface area contributed by atoms with E-state index in [2.05, 4.69) is 36.0 Å². The number of hydrogen-bond donors (Lipinski definition) is 1. The highest BCUT2D eigenvalue weighted by molar-refractivity contribution is 5.21. The highest BCUT2D eigenvalue weighted by atomic mass is 16.6. The molecule has 2 aromatic rings. The van der Waals surface area contributed by atoms with Gasteiger partial charge in [-0.3, -0.25) is 19.7 Å². The Morgan fingerprint density at radius 3 is 2.54 bits per heavy atom. The van der Waals surface area contributed by atoms with Gasteiger partial charge in [0.2, 0.25) is 0 Å². The van der Waals surface area contributed by atoms with Crippen LogP contribution in [0.5, 0.6) is 0 Å². The average molecular weight is 332 g/mol. The second kappa shape index (κ2) is 8.03. The second-order valence-electron chi connectivity index (χ2n) is 6.37. The maximum absolute atomic E-state index is 10.7. The van der Waals surface area contributed by atoms with Gasteiger partial charge in [-0.25, -0.2) is 0 Å². The van der Waals surface area contributed by atoms with Crippen LogP contribution in [0.1, 0.15) is 25.5 Å². The third-order valence-corrected chi connectivity index (χ3v) is 3.97. The second-order valence-corrected chi connectivity index (χ2v) is 6.37. The van der Waals surface area contributed by atoms with Gasteiger partial charge in [0, 0.05) is 12.6 Å². The lowest BCUT2D eigenvalue weighted by molar-refractivity contribution is -0.385. The summed E-state index contributed by atoms with van der Waals surface area (Å²) in [4.78, 5) is 12.3. The van der Waals surface area contributed by atoms with E-state index in [9.17, 15) is 15.2 Å². The Bertz CT molecular complexity index is 657. The Labute approximate surface area is 141 Å². The zero-order valence-corrected chi connectivity index (χ0v) is 14.2. The summed E-state index contributed by atoms with van der Waals surface area (Å²) in [5.74, 6) is 0.385. The van der Waals surface area contributed by atoms with Crippen molar-refractivity contribution in [3.8, 4) is 0 Å². The Hall–Kier alpha value is -2.25. The van der Waals surface area contributed by atoms with Crippen LogP contribution < -0.4 is 0 Å². The lowest BCUT2D eigenvalue weighted by atomic mass is 9.94. The first-order valence-electron chi connectivity index (χ1n) is 7.98. The lowest BCUT2D eigenvalue weighted by Gasteiger charge is -2.33. The predicted octanol–water partition coefficient (Wildman–Crippen LogP) is 2.48. The summed E-state index contributed by atoms with van der Waals surface area (Å²) < 4.78 is 1.41. The van der Waals surface area contributed by atoms with Gasteiger partial charge in [0.15, 0.2) is 0 Å². The van der Waals surface area contributed by atoms with Crippen LogP contribution in [0.15, 0.2) is 42.7 Å². The highest BCUT2D eigenvalue weighted by Crippen LogP contribution is 2.27. The van der Waals surface area contributed by atoms with Gasteiger partial charge < -0.3 is 5.11 Å². The fourth-order valence-corrected chi connectivity index (χ4v) is 3.06. The van der Waals surface area contributed by atoms with Crippen molar-refractivity contribution in [2.45, 2.75) is 32.5 Å². The van der Waals surface area contributed by atoms with Crippen LogP contribution in [0, 0.1) is 16.0 Å². The number of aliphatic hydroxyl groups is 1. The molecule has 2 unspecified atom stereocenters. The van der Waals surface area contributed by atoms with Gasteiger partial charge in [-0.15, -0.1) is 0 Å². The minimum absolute atomic E-state index is 0.0695. The summed E-state index contributed by atoms with van der Waals surface area (Å²) in [6.45, 7) is 4.97. The largest absolute Gasteiger partial charge is 0.390 e. The molecule has 0 fully saturated rings. The molecule has 1 aromatic heterocycles. The van der Waals surface area contributed by atoms with Crippen molar-refractivity contribution in [3.05, 3.63) is 58.4 Å². The van der Waals surface area contributed by atoms with E-state index in [-0.39, 0.29) is 18.3 Å². The average Bonchev–Trinajstić information content (AvgIpc) is 2.96. The monoisotopic (exact) mass is 332 g/mol. The topological polar surface area (TPSA) is 84.4 Å². The molecule has 24 heavy (non-hydrogen) atoms. The number of aliphatic hydroxyl groups excluding tert-OH is 1. The number of rotatable bonds is 8. The lowest BCUT2D eigenvalue weighted by Crippen LogP contribution is -2.36.